The maximum atomic E-state index is 11.9. The first kappa shape index (κ1) is 12.6. The zero-order chi connectivity index (χ0) is 12.3. The van der Waals surface area contributed by atoms with Crippen LogP contribution in [-0.4, -0.2) is 5.91 Å². The molecule has 88 valence electrons. The minimum absolute atomic E-state index is 0.0129. The molecule has 2 aromatic rings. The van der Waals surface area contributed by atoms with Crippen molar-refractivity contribution in [3.05, 3.63) is 55.3 Å². The standard InChI is InChI=1S/C13H12INOS/c1-9-6-7-10(17-9)8-15-13(16)11-4-2-3-5-12(11)14/h2-7H,8H2,1H3,(H,15,16). The van der Waals surface area contributed by atoms with E-state index in [1.54, 1.807) is 11.3 Å². The monoisotopic (exact) mass is 357 g/mol. The lowest BCUT2D eigenvalue weighted by Gasteiger charge is -2.05. The summed E-state index contributed by atoms with van der Waals surface area (Å²) in [6, 6.07) is 11.7. The van der Waals surface area contributed by atoms with Gasteiger partial charge in [-0.1, -0.05) is 12.1 Å². The van der Waals surface area contributed by atoms with Crippen LogP contribution in [0.25, 0.3) is 0 Å². The van der Waals surface area contributed by atoms with Crippen molar-refractivity contribution in [2.24, 2.45) is 0 Å². The average molecular weight is 357 g/mol. The molecule has 1 aromatic heterocycles. The maximum absolute atomic E-state index is 11.9. The number of nitrogens with one attached hydrogen (secondary N) is 1. The quantitative estimate of drug-likeness (QED) is 0.836. The van der Waals surface area contributed by atoms with Crippen LogP contribution in [0.5, 0.6) is 0 Å². The number of hydrogen-bond acceptors (Lipinski definition) is 2. The number of benzene rings is 1. The van der Waals surface area contributed by atoms with Crippen LogP contribution in [0.15, 0.2) is 36.4 Å². The van der Waals surface area contributed by atoms with Crippen LogP contribution in [-0.2, 0) is 6.54 Å². The van der Waals surface area contributed by atoms with Crippen LogP contribution in [0.1, 0.15) is 20.1 Å². The molecular formula is C13H12INOS. The Balaban J connectivity index is 2.01. The van der Waals surface area contributed by atoms with Gasteiger partial charge in [-0.05, 0) is 53.8 Å². The fraction of sp³-hybridized carbons (Fsp3) is 0.154. The van der Waals surface area contributed by atoms with Gasteiger partial charge in [0.25, 0.3) is 5.91 Å². The largest absolute Gasteiger partial charge is 0.347 e. The molecular weight excluding hydrogens is 345 g/mol. The number of aryl methyl sites for hydroxylation is 1. The van der Waals surface area contributed by atoms with E-state index in [4.69, 9.17) is 0 Å². The topological polar surface area (TPSA) is 29.1 Å². The predicted molar refractivity (Wildman–Crippen MR) is 79.4 cm³/mol. The molecule has 0 radical (unpaired) electrons. The Bertz CT molecular complexity index is 536. The Morgan fingerprint density at radius 3 is 2.71 bits per heavy atom. The van der Waals surface area contributed by atoms with Crippen LogP contribution < -0.4 is 5.32 Å². The second-order valence-corrected chi connectivity index (χ2v) is 6.21. The smallest absolute Gasteiger partial charge is 0.252 e. The summed E-state index contributed by atoms with van der Waals surface area (Å²) in [5.41, 5.74) is 0.737. The molecule has 0 fully saturated rings. The van der Waals surface area contributed by atoms with Gasteiger partial charge in [-0.2, -0.15) is 0 Å². The van der Waals surface area contributed by atoms with Crippen LogP contribution in [0.3, 0.4) is 0 Å². The zero-order valence-electron chi connectivity index (χ0n) is 9.37. The van der Waals surface area contributed by atoms with Crippen molar-refractivity contribution < 1.29 is 4.79 Å². The van der Waals surface area contributed by atoms with Gasteiger partial charge in [0.05, 0.1) is 12.1 Å². The summed E-state index contributed by atoms with van der Waals surface area (Å²) in [5.74, 6) is -0.0129. The molecule has 0 atom stereocenters. The van der Waals surface area contributed by atoms with Gasteiger partial charge >= 0.3 is 0 Å². The summed E-state index contributed by atoms with van der Waals surface area (Å²) in [7, 11) is 0. The normalized spacial score (nSPS) is 10.2. The van der Waals surface area contributed by atoms with Gasteiger partial charge in [-0.3, -0.25) is 4.79 Å². The second kappa shape index (κ2) is 5.64. The summed E-state index contributed by atoms with van der Waals surface area (Å²) in [6.45, 7) is 2.67. The number of rotatable bonds is 3. The molecule has 0 aliphatic rings. The van der Waals surface area contributed by atoms with Crippen molar-refractivity contribution in [3.63, 3.8) is 0 Å². The summed E-state index contributed by atoms with van der Waals surface area (Å²) >= 11 is 3.89. The lowest BCUT2D eigenvalue weighted by molar-refractivity contribution is 0.0950. The number of amides is 1. The maximum Gasteiger partial charge on any atom is 0.252 e. The summed E-state index contributed by atoms with van der Waals surface area (Å²) in [4.78, 5) is 14.4. The third kappa shape index (κ3) is 3.29. The summed E-state index contributed by atoms with van der Waals surface area (Å²) in [5, 5.41) is 2.94. The van der Waals surface area contributed by atoms with Gasteiger partial charge in [0.15, 0.2) is 0 Å². The average Bonchev–Trinajstić information content (AvgIpc) is 2.73. The first-order chi connectivity index (χ1) is 8.16. The van der Waals surface area contributed by atoms with E-state index in [1.807, 2.05) is 24.3 Å². The third-order valence-electron chi connectivity index (χ3n) is 2.34. The first-order valence-electron chi connectivity index (χ1n) is 5.25. The fourth-order valence-corrected chi connectivity index (χ4v) is 2.95. The molecule has 1 N–H and O–H groups in total. The molecule has 0 spiro atoms. The number of hydrogen-bond donors (Lipinski definition) is 1. The fourth-order valence-electron chi connectivity index (χ4n) is 1.49. The second-order valence-electron chi connectivity index (χ2n) is 3.67. The number of thiophene rings is 1. The molecule has 1 aromatic carbocycles. The molecule has 0 saturated heterocycles. The Kier molecular flexibility index (Phi) is 4.17. The van der Waals surface area contributed by atoms with Gasteiger partial charge in [-0.15, -0.1) is 11.3 Å². The molecule has 2 nitrogen and oxygen atoms in total. The molecule has 1 heterocycles. The van der Waals surface area contributed by atoms with Gasteiger partial charge in [0.2, 0.25) is 0 Å². The van der Waals surface area contributed by atoms with Crippen molar-refractivity contribution in [1.29, 1.82) is 0 Å². The lowest BCUT2D eigenvalue weighted by atomic mass is 10.2. The Morgan fingerprint density at radius 1 is 1.29 bits per heavy atom. The highest BCUT2D eigenvalue weighted by Gasteiger charge is 2.08. The van der Waals surface area contributed by atoms with Crippen molar-refractivity contribution >= 4 is 39.8 Å². The van der Waals surface area contributed by atoms with Crippen LogP contribution in [0, 0.1) is 10.5 Å². The van der Waals surface area contributed by atoms with E-state index in [1.165, 1.54) is 9.75 Å². The van der Waals surface area contributed by atoms with Gasteiger partial charge in [0, 0.05) is 13.3 Å². The Hall–Kier alpha value is -0.880. The van der Waals surface area contributed by atoms with Gasteiger partial charge < -0.3 is 5.32 Å². The highest BCUT2D eigenvalue weighted by molar-refractivity contribution is 14.1. The van der Waals surface area contributed by atoms with E-state index in [-0.39, 0.29) is 5.91 Å². The van der Waals surface area contributed by atoms with E-state index >= 15 is 0 Å². The predicted octanol–water partition coefficient (Wildman–Crippen LogP) is 3.59. The highest BCUT2D eigenvalue weighted by Crippen LogP contribution is 2.15. The molecule has 2 rings (SSSR count). The van der Waals surface area contributed by atoms with Crippen LogP contribution in [0.2, 0.25) is 0 Å². The zero-order valence-corrected chi connectivity index (χ0v) is 12.3. The molecule has 0 bridgehead atoms. The number of carbonyl (C=O) groups excluding carboxylic acids is 1. The number of halogens is 1. The summed E-state index contributed by atoms with van der Waals surface area (Å²) < 4.78 is 0.977. The molecule has 0 saturated carbocycles. The molecule has 4 heteroatoms. The van der Waals surface area contributed by atoms with E-state index in [0.717, 1.165) is 9.13 Å². The van der Waals surface area contributed by atoms with Gasteiger partial charge in [-0.25, -0.2) is 0 Å². The van der Waals surface area contributed by atoms with Crippen molar-refractivity contribution in [3.8, 4) is 0 Å². The minimum atomic E-state index is -0.0129. The third-order valence-corrected chi connectivity index (χ3v) is 4.28. The SMILES string of the molecule is Cc1ccc(CNC(=O)c2ccccc2I)s1. The lowest BCUT2D eigenvalue weighted by Crippen LogP contribution is -2.23. The number of carbonyl (C=O) groups is 1. The van der Waals surface area contributed by atoms with E-state index in [9.17, 15) is 4.79 Å². The van der Waals surface area contributed by atoms with Crippen molar-refractivity contribution in [2.45, 2.75) is 13.5 Å². The molecule has 1 amide bonds. The van der Waals surface area contributed by atoms with Crippen molar-refractivity contribution in [1.82, 2.24) is 5.32 Å². The Morgan fingerprint density at radius 2 is 2.06 bits per heavy atom. The molecule has 0 aliphatic carbocycles. The first-order valence-corrected chi connectivity index (χ1v) is 7.14. The van der Waals surface area contributed by atoms with Crippen molar-refractivity contribution in [2.75, 3.05) is 0 Å². The Labute approximate surface area is 118 Å². The highest BCUT2D eigenvalue weighted by atomic mass is 127. The van der Waals surface area contributed by atoms with Crippen LogP contribution in [0.4, 0.5) is 0 Å². The van der Waals surface area contributed by atoms with E-state index in [2.05, 4.69) is 47.0 Å². The van der Waals surface area contributed by atoms with E-state index in [0.29, 0.717) is 6.54 Å². The summed E-state index contributed by atoms with van der Waals surface area (Å²) in [6.07, 6.45) is 0. The minimum Gasteiger partial charge on any atom is -0.347 e. The molecule has 0 aliphatic heterocycles. The van der Waals surface area contributed by atoms with Gasteiger partial charge in [0.1, 0.15) is 0 Å². The van der Waals surface area contributed by atoms with Crippen LogP contribution >= 0.6 is 33.9 Å². The molecule has 0 unspecified atom stereocenters. The molecule has 17 heavy (non-hydrogen) atoms. The van der Waals surface area contributed by atoms with E-state index < -0.39 is 0 Å².